The van der Waals surface area contributed by atoms with Crippen molar-refractivity contribution in [3.8, 4) is 17.1 Å². The van der Waals surface area contributed by atoms with Gasteiger partial charge >= 0.3 is 0 Å². The molecule has 0 spiro atoms. The molecule has 8 heteroatoms. The maximum atomic E-state index is 14.5. The van der Waals surface area contributed by atoms with Crippen molar-refractivity contribution < 1.29 is 9.13 Å². The Morgan fingerprint density at radius 2 is 2.03 bits per heavy atom. The largest absolute Gasteiger partial charge is 0.448 e. The van der Waals surface area contributed by atoms with Gasteiger partial charge in [-0.3, -0.25) is 0 Å². The predicted molar refractivity (Wildman–Crippen MR) is 117 cm³/mol. The monoisotopic (exact) mass is 474 g/mol. The third-order valence-corrected chi connectivity index (χ3v) is 5.97. The fraction of sp³-hybridized carbons (Fsp3) is 0.286. The molecular weight excluding hydrogens is 455 g/mol. The molecule has 29 heavy (non-hydrogen) atoms. The van der Waals surface area contributed by atoms with Gasteiger partial charge in [-0.25, -0.2) is 4.39 Å². The van der Waals surface area contributed by atoms with Crippen LogP contribution in [0.15, 0.2) is 52.1 Å². The van der Waals surface area contributed by atoms with E-state index in [1.165, 1.54) is 12.5 Å². The zero-order valence-electron chi connectivity index (χ0n) is 15.9. The second-order valence-corrected chi connectivity index (χ2v) is 8.64. The van der Waals surface area contributed by atoms with Crippen molar-refractivity contribution in [3.63, 3.8) is 0 Å². The van der Waals surface area contributed by atoms with E-state index >= 15 is 0 Å². The third kappa shape index (κ3) is 4.53. The zero-order valence-corrected chi connectivity index (χ0v) is 18.3. The van der Waals surface area contributed by atoms with Gasteiger partial charge in [0.2, 0.25) is 17.3 Å². The number of benzene rings is 2. The summed E-state index contributed by atoms with van der Waals surface area (Å²) in [6.45, 7) is 2.17. The molecule has 1 N–H and O–H groups in total. The topological polar surface area (TPSA) is 59.9 Å². The summed E-state index contributed by atoms with van der Waals surface area (Å²) < 4.78 is 21.5. The molecule has 0 amide bonds. The Balaban J connectivity index is 1.73. The van der Waals surface area contributed by atoms with Crippen LogP contribution in [0.5, 0.6) is 5.88 Å². The number of nitrogens with one attached hydrogen (secondary N) is 1. The standard InChI is InChI=1S/C21H20BrFN4OS/c1-2-3-6-11-29-21-25-20-18(26-27-21)15-12-13(22)9-10-17(15)24-19(28-20)14-7-4-5-8-16(14)23/h4-5,7-10,12,19,24H,2-3,6,11H2,1H3/t19-/m0/s1. The number of hydrogen-bond acceptors (Lipinski definition) is 6. The number of anilines is 1. The summed E-state index contributed by atoms with van der Waals surface area (Å²) in [5, 5.41) is 12.5. The van der Waals surface area contributed by atoms with Crippen LogP contribution in [-0.4, -0.2) is 20.9 Å². The third-order valence-electron chi connectivity index (χ3n) is 4.55. The highest BCUT2D eigenvalue weighted by atomic mass is 79.9. The second kappa shape index (κ2) is 9.09. The van der Waals surface area contributed by atoms with Crippen molar-refractivity contribution in [3.05, 3.63) is 58.3 Å². The van der Waals surface area contributed by atoms with Gasteiger partial charge in [-0.2, -0.15) is 4.98 Å². The number of rotatable bonds is 6. The van der Waals surface area contributed by atoms with Crippen LogP contribution in [-0.2, 0) is 0 Å². The minimum Gasteiger partial charge on any atom is -0.448 e. The summed E-state index contributed by atoms with van der Waals surface area (Å²) in [5.41, 5.74) is 2.52. The molecule has 3 aromatic rings. The van der Waals surface area contributed by atoms with Gasteiger partial charge in [0.05, 0.1) is 0 Å². The number of thioether (sulfide) groups is 1. The normalized spacial score (nSPS) is 14.9. The summed E-state index contributed by atoms with van der Waals surface area (Å²) in [5.74, 6) is 0.921. The highest BCUT2D eigenvalue weighted by Crippen LogP contribution is 2.41. The van der Waals surface area contributed by atoms with Gasteiger partial charge in [-0.15, -0.1) is 10.2 Å². The molecule has 0 unspecified atom stereocenters. The Morgan fingerprint density at radius 1 is 1.17 bits per heavy atom. The molecule has 0 radical (unpaired) electrons. The van der Waals surface area contributed by atoms with Crippen LogP contribution in [0.1, 0.15) is 38.0 Å². The molecule has 2 heterocycles. The van der Waals surface area contributed by atoms with Gasteiger partial charge in [-0.05, 0) is 30.7 Å². The number of hydrogen-bond donors (Lipinski definition) is 1. The van der Waals surface area contributed by atoms with Gasteiger partial charge in [-0.1, -0.05) is 65.7 Å². The molecule has 1 aromatic heterocycles. The van der Waals surface area contributed by atoms with Crippen LogP contribution in [0, 0.1) is 5.82 Å². The van der Waals surface area contributed by atoms with E-state index in [2.05, 4.69) is 43.4 Å². The maximum absolute atomic E-state index is 14.5. The molecular formula is C21H20BrFN4OS. The van der Waals surface area contributed by atoms with E-state index in [0.717, 1.165) is 34.3 Å². The first-order chi connectivity index (χ1) is 14.2. The fourth-order valence-electron chi connectivity index (χ4n) is 3.08. The fourth-order valence-corrected chi connectivity index (χ4v) is 4.21. The van der Waals surface area contributed by atoms with Crippen LogP contribution in [0.4, 0.5) is 10.1 Å². The van der Waals surface area contributed by atoms with Crippen molar-refractivity contribution in [2.24, 2.45) is 0 Å². The van der Waals surface area contributed by atoms with Crippen molar-refractivity contribution in [1.29, 1.82) is 0 Å². The summed E-state index contributed by atoms with van der Waals surface area (Å²) in [6.07, 6.45) is 2.70. The van der Waals surface area contributed by atoms with Crippen LogP contribution in [0.3, 0.4) is 0 Å². The molecule has 1 atom stereocenters. The van der Waals surface area contributed by atoms with E-state index in [9.17, 15) is 4.39 Å². The quantitative estimate of drug-likeness (QED) is 0.337. The zero-order chi connectivity index (χ0) is 20.2. The van der Waals surface area contributed by atoms with Crippen LogP contribution < -0.4 is 10.1 Å². The molecule has 0 aliphatic carbocycles. The number of aromatic nitrogens is 3. The Kier molecular flexibility index (Phi) is 6.30. The van der Waals surface area contributed by atoms with E-state index in [-0.39, 0.29) is 5.82 Å². The Labute approximate surface area is 181 Å². The lowest BCUT2D eigenvalue weighted by molar-refractivity contribution is 0.220. The Morgan fingerprint density at radius 3 is 2.86 bits per heavy atom. The molecule has 2 aromatic carbocycles. The minimum atomic E-state index is -0.730. The van der Waals surface area contributed by atoms with Gasteiger partial charge in [0.1, 0.15) is 5.82 Å². The summed E-state index contributed by atoms with van der Waals surface area (Å²) in [6, 6.07) is 12.3. The van der Waals surface area contributed by atoms with Gasteiger partial charge in [0.25, 0.3) is 0 Å². The van der Waals surface area contributed by atoms with Crippen molar-refractivity contribution >= 4 is 33.4 Å². The number of ether oxygens (including phenoxy) is 1. The number of fused-ring (bicyclic) bond motifs is 3. The van der Waals surface area contributed by atoms with Crippen molar-refractivity contribution in [2.45, 2.75) is 37.6 Å². The van der Waals surface area contributed by atoms with Crippen LogP contribution in [0.2, 0.25) is 0 Å². The molecule has 1 aliphatic heterocycles. The van der Waals surface area contributed by atoms with E-state index in [0.29, 0.717) is 22.3 Å². The van der Waals surface area contributed by atoms with Gasteiger partial charge in [0.15, 0.2) is 5.69 Å². The molecule has 1 aliphatic rings. The smallest absolute Gasteiger partial charge is 0.247 e. The molecule has 4 rings (SSSR count). The van der Waals surface area contributed by atoms with E-state index < -0.39 is 6.23 Å². The van der Waals surface area contributed by atoms with Gasteiger partial charge < -0.3 is 10.1 Å². The average Bonchev–Trinajstić information content (AvgIpc) is 2.88. The minimum absolute atomic E-state index is 0.343. The summed E-state index contributed by atoms with van der Waals surface area (Å²) in [4.78, 5) is 4.59. The lowest BCUT2D eigenvalue weighted by Gasteiger charge is -2.19. The molecule has 0 saturated carbocycles. The van der Waals surface area contributed by atoms with Crippen LogP contribution in [0.25, 0.3) is 11.3 Å². The van der Waals surface area contributed by atoms with Crippen molar-refractivity contribution in [2.75, 3.05) is 11.1 Å². The Bertz CT molecular complexity index is 1020. The Hall–Kier alpha value is -2.19. The molecule has 0 saturated heterocycles. The average molecular weight is 475 g/mol. The molecule has 5 nitrogen and oxygen atoms in total. The highest BCUT2D eigenvalue weighted by molar-refractivity contribution is 9.10. The lowest BCUT2D eigenvalue weighted by Crippen LogP contribution is -2.18. The maximum Gasteiger partial charge on any atom is 0.247 e. The van der Waals surface area contributed by atoms with E-state index in [1.807, 2.05) is 18.2 Å². The first-order valence-corrected chi connectivity index (χ1v) is 11.3. The first-order valence-electron chi connectivity index (χ1n) is 9.50. The number of halogens is 2. The lowest BCUT2D eigenvalue weighted by atomic mass is 10.1. The SMILES string of the molecule is CCCCCSc1nnc2c(n1)O[C@@H](c1ccccc1F)Nc1ccc(Br)cc1-2. The van der Waals surface area contributed by atoms with E-state index in [4.69, 9.17) is 4.74 Å². The predicted octanol–water partition coefficient (Wildman–Crippen LogP) is 6.23. The van der Waals surface area contributed by atoms with E-state index in [1.54, 1.807) is 30.0 Å². The molecule has 150 valence electrons. The van der Waals surface area contributed by atoms with Gasteiger partial charge in [0, 0.05) is 27.0 Å². The first kappa shape index (κ1) is 20.1. The number of unbranched alkanes of at least 4 members (excludes halogenated alkanes) is 2. The molecule has 0 fully saturated rings. The second-order valence-electron chi connectivity index (χ2n) is 6.66. The summed E-state index contributed by atoms with van der Waals surface area (Å²) in [7, 11) is 0. The summed E-state index contributed by atoms with van der Waals surface area (Å²) >= 11 is 5.06. The number of nitrogens with zero attached hydrogens (tertiary/aromatic N) is 3. The van der Waals surface area contributed by atoms with Crippen molar-refractivity contribution in [1.82, 2.24) is 15.2 Å². The molecule has 0 bridgehead atoms. The highest BCUT2D eigenvalue weighted by Gasteiger charge is 2.27. The van der Waals surface area contributed by atoms with Crippen LogP contribution >= 0.6 is 27.7 Å².